The lowest BCUT2D eigenvalue weighted by Crippen LogP contribution is -2.30. The standard InChI is InChI=1S/C21H18N2O4/c1-26-17-9-8-15-10-14(6-7-16(15)11-17)12-22-20(24)13-23-18-4-2-3-5-19(18)27-21(23)25/h2-11H,12-13H2,1H3,(H,22,24). The van der Waals surface area contributed by atoms with Gasteiger partial charge < -0.3 is 14.5 Å². The van der Waals surface area contributed by atoms with Gasteiger partial charge in [0.2, 0.25) is 5.91 Å². The van der Waals surface area contributed by atoms with E-state index in [0.717, 1.165) is 22.1 Å². The zero-order chi connectivity index (χ0) is 18.8. The molecule has 3 aromatic carbocycles. The Morgan fingerprint density at radius 3 is 2.70 bits per heavy atom. The van der Waals surface area contributed by atoms with Gasteiger partial charge in [-0.15, -0.1) is 0 Å². The highest BCUT2D eigenvalue weighted by molar-refractivity contribution is 5.85. The van der Waals surface area contributed by atoms with E-state index in [2.05, 4.69) is 5.32 Å². The quantitative estimate of drug-likeness (QED) is 0.592. The van der Waals surface area contributed by atoms with E-state index in [9.17, 15) is 9.59 Å². The first-order valence-corrected chi connectivity index (χ1v) is 8.56. The molecule has 6 heteroatoms. The molecular formula is C21H18N2O4. The molecule has 0 unspecified atom stereocenters. The zero-order valence-corrected chi connectivity index (χ0v) is 14.8. The summed E-state index contributed by atoms with van der Waals surface area (Å²) >= 11 is 0. The lowest BCUT2D eigenvalue weighted by atomic mass is 10.1. The second kappa shape index (κ2) is 6.99. The molecule has 1 N–H and O–H groups in total. The van der Waals surface area contributed by atoms with E-state index in [-0.39, 0.29) is 12.5 Å². The minimum atomic E-state index is -0.536. The van der Waals surface area contributed by atoms with E-state index in [1.54, 1.807) is 31.4 Å². The summed E-state index contributed by atoms with van der Waals surface area (Å²) in [6.45, 7) is 0.298. The number of carbonyl (C=O) groups excluding carboxylic acids is 1. The van der Waals surface area contributed by atoms with Crippen LogP contribution in [0.2, 0.25) is 0 Å². The van der Waals surface area contributed by atoms with Gasteiger partial charge in [0.05, 0.1) is 12.6 Å². The summed E-state index contributed by atoms with van der Waals surface area (Å²) in [7, 11) is 1.64. The Morgan fingerprint density at radius 2 is 1.85 bits per heavy atom. The molecule has 0 fully saturated rings. The van der Waals surface area contributed by atoms with E-state index in [4.69, 9.17) is 9.15 Å². The molecule has 0 aliphatic carbocycles. The number of nitrogens with one attached hydrogen (secondary N) is 1. The number of rotatable bonds is 5. The maximum Gasteiger partial charge on any atom is 0.420 e. The number of hydrogen-bond acceptors (Lipinski definition) is 4. The summed E-state index contributed by atoms with van der Waals surface area (Å²) in [4.78, 5) is 24.3. The predicted molar refractivity (Wildman–Crippen MR) is 103 cm³/mol. The molecule has 0 aliphatic heterocycles. The molecule has 0 atom stereocenters. The van der Waals surface area contributed by atoms with Gasteiger partial charge >= 0.3 is 5.76 Å². The number of fused-ring (bicyclic) bond motifs is 2. The van der Waals surface area contributed by atoms with Crippen molar-refractivity contribution < 1.29 is 13.9 Å². The fraction of sp³-hybridized carbons (Fsp3) is 0.143. The van der Waals surface area contributed by atoms with Crippen molar-refractivity contribution in [2.75, 3.05) is 7.11 Å². The largest absolute Gasteiger partial charge is 0.497 e. The summed E-state index contributed by atoms with van der Waals surface area (Å²) in [5, 5.41) is 4.99. The lowest BCUT2D eigenvalue weighted by Gasteiger charge is -2.08. The number of oxazole rings is 1. The molecule has 0 saturated heterocycles. The highest BCUT2D eigenvalue weighted by Gasteiger charge is 2.12. The smallest absolute Gasteiger partial charge is 0.420 e. The summed E-state index contributed by atoms with van der Waals surface area (Å²) in [5.41, 5.74) is 2.06. The predicted octanol–water partition coefficient (Wildman–Crippen LogP) is 3.07. The fourth-order valence-electron chi connectivity index (χ4n) is 3.07. The van der Waals surface area contributed by atoms with E-state index < -0.39 is 5.76 Å². The van der Waals surface area contributed by atoms with Crippen molar-refractivity contribution >= 4 is 27.8 Å². The van der Waals surface area contributed by atoms with Gasteiger partial charge in [-0.05, 0) is 46.7 Å². The molecule has 27 heavy (non-hydrogen) atoms. The van der Waals surface area contributed by atoms with Crippen molar-refractivity contribution in [2.24, 2.45) is 0 Å². The monoisotopic (exact) mass is 362 g/mol. The molecule has 0 saturated carbocycles. The van der Waals surface area contributed by atoms with E-state index >= 15 is 0 Å². The van der Waals surface area contributed by atoms with Crippen LogP contribution in [-0.2, 0) is 17.9 Å². The van der Waals surface area contributed by atoms with Crippen molar-refractivity contribution in [3.63, 3.8) is 0 Å². The number of aromatic nitrogens is 1. The van der Waals surface area contributed by atoms with Gasteiger partial charge in [0.15, 0.2) is 5.58 Å². The number of amides is 1. The molecule has 1 amide bonds. The minimum Gasteiger partial charge on any atom is -0.497 e. The fourth-order valence-corrected chi connectivity index (χ4v) is 3.07. The highest BCUT2D eigenvalue weighted by Crippen LogP contribution is 2.21. The molecule has 0 aliphatic rings. The first-order valence-electron chi connectivity index (χ1n) is 8.56. The molecule has 0 spiro atoms. The van der Waals surface area contributed by atoms with Gasteiger partial charge in [0.1, 0.15) is 12.3 Å². The maximum absolute atomic E-state index is 12.3. The summed E-state index contributed by atoms with van der Waals surface area (Å²) in [6.07, 6.45) is 0. The molecule has 4 rings (SSSR count). The van der Waals surface area contributed by atoms with E-state index in [0.29, 0.717) is 17.6 Å². The van der Waals surface area contributed by atoms with Gasteiger partial charge in [-0.25, -0.2) is 4.79 Å². The third-order valence-corrected chi connectivity index (χ3v) is 4.48. The van der Waals surface area contributed by atoms with Crippen LogP contribution in [-0.4, -0.2) is 17.6 Å². The van der Waals surface area contributed by atoms with Crippen molar-refractivity contribution in [3.8, 4) is 5.75 Å². The maximum atomic E-state index is 12.3. The molecule has 4 aromatic rings. The highest BCUT2D eigenvalue weighted by atomic mass is 16.5. The van der Waals surface area contributed by atoms with Crippen molar-refractivity contribution in [1.82, 2.24) is 9.88 Å². The normalized spacial score (nSPS) is 11.0. The molecule has 0 radical (unpaired) electrons. The zero-order valence-electron chi connectivity index (χ0n) is 14.8. The Morgan fingerprint density at radius 1 is 1.07 bits per heavy atom. The second-order valence-electron chi connectivity index (χ2n) is 6.25. The van der Waals surface area contributed by atoms with Crippen LogP contribution in [0, 0.1) is 0 Å². The van der Waals surface area contributed by atoms with E-state index in [1.165, 1.54) is 4.57 Å². The third-order valence-electron chi connectivity index (χ3n) is 4.48. The lowest BCUT2D eigenvalue weighted by molar-refractivity contribution is -0.121. The van der Waals surface area contributed by atoms with Crippen LogP contribution in [0.25, 0.3) is 21.9 Å². The Balaban J connectivity index is 1.46. The van der Waals surface area contributed by atoms with Gasteiger partial charge in [0.25, 0.3) is 0 Å². The van der Waals surface area contributed by atoms with Crippen LogP contribution in [0.4, 0.5) is 0 Å². The second-order valence-corrected chi connectivity index (χ2v) is 6.25. The number of para-hydroxylation sites is 2. The summed E-state index contributed by atoms with van der Waals surface area (Å²) in [6, 6.07) is 18.9. The SMILES string of the molecule is COc1ccc2cc(CNC(=O)Cn3c(=O)oc4ccccc43)ccc2c1. The Labute approximate surface area is 155 Å². The average Bonchev–Trinajstić information content (AvgIpc) is 3.01. The van der Waals surface area contributed by atoms with Crippen LogP contribution in [0.15, 0.2) is 69.9 Å². The number of nitrogens with zero attached hydrogens (tertiary/aromatic N) is 1. The van der Waals surface area contributed by atoms with Gasteiger partial charge in [-0.1, -0.05) is 30.3 Å². The molecule has 6 nitrogen and oxygen atoms in total. The Kier molecular flexibility index (Phi) is 4.38. The van der Waals surface area contributed by atoms with Crippen molar-refractivity contribution in [2.45, 2.75) is 13.1 Å². The van der Waals surface area contributed by atoms with Crippen LogP contribution in [0.1, 0.15) is 5.56 Å². The number of carbonyl (C=O) groups is 1. The molecule has 1 heterocycles. The third kappa shape index (κ3) is 3.42. The first-order chi connectivity index (χ1) is 13.1. The molecule has 1 aromatic heterocycles. The number of ether oxygens (including phenoxy) is 1. The van der Waals surface area contributed by atoms with Crippen LogP contribution in [0.5, 0.6) is 5.75 Å². The summed E-state index contributed by atoms with van der Waals surface area (Å²) in [5.74, 6) is 0.0193. The Hall–Kier alpha value is -3.54. The molecule has 136 valence electrons. The Bertz CT molecular complexity index is 1190. The first kappa shape index (κ1) is 16.9. The molecular weight excluding hydrogens is 344 g/mol. The van der Waals surface area contributed by atoms with Gasteiger partial charge in [0, 0.05) is 6.54 Å². The van der Waals surface area contributed by atoms with Gasteiger partial charge in [-0.3, -0.25) is 9.36 Å². The number of methoxy groups -OCH3 is 1. The summed E-state index contributed by atoms with van der Waals surface area (Å²) < 4.78 is 11.7. The van der Waals surface area contributed by atoms with E-state index in [1.807, 2.05) is 36.4 Å². The number of benzene rings is 3. The van der Waals surface area contributed by atoms with Gasteiger partial charge in [-0.2, -0.15) is 0 Å². The molecule has 0 bridgehead atoms. The average molecular weight is 362 g/mol. The number of hydrogen-bond donors (Lipinski definition) is 1. The van der Waals surface area contributed by atoms with Crippen molar-refractivity contribution in [3.05, 3.63) is 76.8 Å². The topological polar surface area (TPSA) is 73.5 Å². The minimum absolute atomic E-state index is 0.0827. The van der Waals surface area contributed by atoms with Crippen LogP contribution in [0.3, 0.4) is 0 Å². The van der Waals surface area contributed by atoms with Crippen LogP contribution < -0.4 is 15.8 Å². The van der Waals surface area contributed by atoms with Crippen LogP contribution >= 0.6 is 0 Å². The van der Waals surface area contributed by atoms with Crippen molar-refractivity contribution in [1.29, 1.82) is 0 Å².